The normalized spacial score (nSPS) is 11.0. The van der Waals surface area contributed by atoms with Gasteiger partial charge in [0.2, 0.25) is 0 Å². The van der Waals surface area contributed by atoms with Gasteiger partial charge in [0, 0.05) is 0 Å². The van der Waals surface area contributed by atoms with Gasteiger partial charge in [-0.15, -0.1) is 0 Å². The van der Waals surface area contributed by atoms with Crippen LogP contribution >= 0.6 is 11.6 Å². The SMILES string of the molecule is COc1cc(/C=N\NC(=O)COc2ccc(C)c(C)c2)cc(Cl)c1OC(C)C. The number of nitrogens with one attached hydrogen (secondary N) is 1. The monoisotopic (exact) mass is 404 g/mol. The van der Waals surface area contributed by atoms with Crippen molar-refractivity contribution in [2.24, 2.45) is 5.10 Å². The summed E-state index contributed by atoms with van der Waals surface area (Å²) in [6.45, 7) is 7.68. The Morgan fingerprint density at radius 3 is 2.61 bits per heavy atom. The van der Waals surface area contributed by atoms with E-state index in [1.165, 1.54) is 18.9 Å². The van der Waals surface area contributed by atoms with Crippen molar-refractivity contribution in [3.05, 3.63) is 52.0 Å². The second kappa shape index (κ2) is 9.99. The van der Waals surface area contributed by atoms with Crippen LogP contribution in [0.25, 0.3) is 0 Å². The van der Waals surface area contributed by atoms with Crippen LogP contribution in [-0.2, 0) is 4.79 Å². The standard InChI is InChI=1S/C21H25ClN2O4/c1-13(2)28-21-18(22)9-16(10-19(21)26-5)11-23-24-20(25)12-27-17-7-6-14(3)15(4)8-17/h6-11,13H,12H2,1-5H3,(H,24,25)/b23-11-. The zero-order valence-corrected chi connectivity index (χ0v) is 17.5. The quantitative estimate of drug-likeness (QED) is 0.526. The van der Waals surface area contributed by atoms with E-state index in [0.29, 0.717) is 27.8 Å². The summed E-state index contributed by atoms with van der Waals surface area (Å²) in [7, 11) is 1.53. The summed E-state index contributed by atoms with van der Waals surface area (Å²) in [5, 5.41) is 4.33. The molecule has 0 heterocycles. The highest BCUT2D eigenvalue weighted by atomic mass is 35.5. The third-order valence-electron chi connectivity index (χ3n) is 3.86. The first-order chi connectivity index (χ1) is 13.3. The molecule has 150 valence electrons. The maximum absolute atomic E-state index is 11.9. The molecule has 2 rings (SSSR count). The lowest BCUT2D eigenvalue weighted by molar-refractivity contribution is -0.123. The lowest BCUT2D eigenvalue weighted by Crippen LogP contribution is -2.24. The molecule has 0 fully saturated rings. The molecule has 0 atom stereocenters. The van der Waals surface area contributed by atoms with Gasteiger partial charge in [-0.2, -0.15) is 5.10 Å². The summed E-state index contributed by atoms with van der Waals surface area (Å²) in [5.74, 6) is 1.24. The van der Waals surface area contributed by atoms with E-state index < -0.39 is 0 Å². The molecule has 0 spiro atoms. The first-order valence-corrected chi connectivity index (χ1v) is 9.24. The molecule has 0 aromatic heterocycles. The van der Waals surface area contributed by atoms with Crippen LogP contribution < -0.4 is 19.6 Å². The average Bonchev–Trinajstić information content (AvgIpc) is 2.64. The molecule has 0 unspecified atom stereocenters. The summed E-state index contributed by atoms with van der Waals surface area (Å²) in [6, 6.07) is 9.08. The number of carbonyl (C=O) groups excluding carboxylic acids is 1. The molecule has 0 bridgehead atoms. The fraction of sp³-hybridized carbons (Fsp3) is 0.333. The molecule has 7 heteroatoms. The third kappa shape index (κ3) is 6.16. The van der Waals surface area contributed by atoms with E-state index in [0.717, 1.165) is 5.56 Å². The minimum absolute atomic E-state index is 0.0393. The highest BCUT2D eigenvalue weighted by Gasteiger charge is 2.13. The Labute approximate surface area is 170 Å². The number of methoxy groups -OCH3 is 1. The molecule has 1 N–H and O–H groups in total. The molecule has 0 aliphatic rings. The number of aryl methyl sites for hydroxylation is 2. The Balaban J connectivity index is 1.95. The Morgan fingerprint density at radius 2 is 1.96 bits per heavy atom. The maximum Gasteiger partial charge on any atom is 0.277 e. The molecule has 0 radical (unpaired) electrons. The van der Waals surface area contributed by atoms with Gasteiger partial charge in [-0.05, 0) is 68.7 Å². The summed E-state index contributed by atoms with van der Waals surface area (Å²) < 4.78 is 16.5. The van der Waals surface area contributed by atoms with Gasteiger partial charge in [-0.3, -0.25) is 4.79 Å². The molecular weight excluding hydrogens is 380 g/mol. The van der Waals surface area contributed by atoms with Crippen LogP contribution in [0.5, 0.6) is 17.2 Å². The zero-order chi connectivity index (χ0) is 20.7. The van der Waals surface area contributed by atoms with Crippen molar-refractivity contribution >= 4 is 23.7 Å². The van der Waals surface area contributed by atoms with Crippen molar-refractivity contribution in [1.82, 2.24) is 5.43 Å². The topological polar surface area (TPSA) is 69.2 Å². The summed E-state index contributed by atoms with van der Waals surface area (Å²) in [4.78, 5) is 11.9. The zero-order valence-electron chi connectivity index (χ0n) is 16.7. The summed E-state index contributed by atoms with van der Waals surface area (Å²) in [5.41, 5.74) is 5.35. The average molecular weight is 405 g/mol. The van der Waals surface area contributed by atoms with Crippen molar-refractivity contribution < 1.29 is 19.0 Å². The van der Waals surface area contributed by atoms with Gasteiger partial charge in [-0.1, -0.05) is 17.7 Å². The second-order valence-electron chi connectivity index (χ2n) is 6.53. The van der Waals surface area contributed by atoms with Crippen LogP contribution in [0.2, 0.25) is 5.02 Å². The van der Waals surface area contributed by atoms with E-state index >= 15 is 0 Å². The molecule has 6 nitrogen and oxygen atoms in total. The summed E-state index contributed by atoms with van der Waals surface area (Å²) in [6.07, 6.45) is 1.43. The molecule has 2 aromatic rings. The van der Waals surface area contributed by atoms with Crippen LogP contribution in [-0.4, -0.2) is 31.9 Å². The second-order valence-corrected chi connectivity index (χ2v) is 6.94. The number of rotatable bonds is 8. The minimum Gasteiger partial charge on any atom is -0.493 e. The van der Waals surface area contributed by atoms with Crippen molar-refractivity contribution in [1.29, 1.82) is 0 Å². The van der Waals surface area contributed by atoms with Gasteiger partial charge in [-0.25, -0.2) is 5.43 Å². The van der Waals surface area contributed by atoms with Crippen LogP contribution in [0.1, 0.15) is 30.5 Å². The minimum atomic E-state index is -0.368. The molecule has 28 heavy (non-hydrogen) atoms. The molecule has 0 saturated heterocycles. The number of amides is 1. The largest absolute Gasteiger partial charge is 0.493 e. The van der Waals surface area contributed by atoms with Gasteiger partial charge < -0.3 is 14.2 Å². The highest BCUT2D eigenvalue weighted by Crippen LogP contribution is 2.36. The van der Waals surface area contributed by atoms with Gasteiger partial charge in [0.05, 0.1) is 24.5 Å². The highest BCUT2D eigenvalue weighted by molar-refractivity contribution is 6.32. The predicted molar refractivity (Wildman–Crippen MR) is 111 cm³/mol. The van der Waals surface area contributed by atoms with Crippen LogP contribution in [0.3, 0.4) is 0 Å². The lowest BCUT2D eigenvalue weighted by Gasteiger charge is -2.15. The van der Waals surface area contributed by atoms with E-state index in [1.807, 2.05) is 45.9 Å². The smallest absolute Gasteiger partial charge is 0.277 e. The molecular formula is C21H25ClN2O4. The van der Waals surface area contributed by atoms with Gasteiger partial charge >= 0.3 is 0 Å². The lowest BCUT2D eigenvalue weighted by atomic mass is 10.1. The number of carbonyl (C=O) groups is 1. The number of halogens is 1. The number of benzene rings is 2. The Kier molecular flexibility index (Phi) is 7.70. The number of hydrazone groups is 1. The van der Waals surface area contributed by atoms with E-state index in [4.69, 9.17) is 25.8 Å². The van der Waals surface area contributed by atoms with Crippen LogP contribution in [0.4, 0.5) is 0 Å². The van der Waals surface area contributed by atoms with Crippen LogP contribution in [0.15, 0.2) is 35.4 Å². The predicted octanol–water partition coefficient (Wildman–Crippen LogP) is 4.28. The van der Waals surface area contributed by atoms with Crippen molar-refractivity contribution in [3.8, 4) is 17.2 Å². The number of nitrogens with zero attached hydrogens (tertiary/aromatic N) is 1. The van der Waals surface area contributed by atoms with Crippen molar-refractivity contribution in [3.63, 3.8) is 0 Å². The Bertz CT molecular complexity index is 866. The van der Waals surface area contributed by atoms with Gasteiger partial charge in [0.25, 0.3) is 5.91 Å². The van der Waals surface area contributed by atoms with E-state index in [-0.39, 0.29) is 18.6 Å². The van der Waals surface area contributed by atoms with Crippen LogP contribution in [0, 0.1) is 13.8 Å². The molecule has 0 saturated carbocycles. The number of hydrogen-bond donors (Lipinski definition) is 1. The van der Waals surface area contributed by atoms with E-state index in [9.17, 15) is 4.79 Å². The Morgan fingerprint density at radius 1 is 1.21 bits per heavy atom. The third-order valence-corrected chi connectivity index (χ3v) is 4.14. The van der Waals surface area contributed by atoms with Crippen molar-refractivity contribution in [2.75, 3.05) is 13.7 Å². The molecule has 1 amide bonds. The Hall–Kier alpha value is -2.73. The van der Waals surface area contributed by atoms with Gasteiger partial charge in [0.15, 0.2) is 18.1 Å². The first kappa shape index (κ1) is 21.6. The number of ether oxygens (including phenoxy) is 3. The number of hydrogen-bond acceptors (Lipinski definition) is 5. The molecule has 2 aromatic carbocycles. The van der Waals surface area contributed by atoms with E-state index in [1.54, 1.807) is 12.1 Å². The van der Waals surface area contributed by atoms with Gasteiger partial charge in [0.1, 0.15) is 5.75 Å². The fourth-order valence-corrected chi connectivity index (χ4v) is 2.59. The first-order valence-electron chi connectivity index (χ1n) is 8.86. The maximum atomic E-state index is 11.9. The summed E-state index contributed by atoms with van der Waals surface area (Å²) >= 11 is 6.27. The van der Waals surface area contributed by atoms with E-state index in [2.05, 4.69) is 10.5 Å². The van der Waals surface area contributed by atoms with Crippen molar-refractivity contribution in [2.45, 2.75) is 33.8 Å². The molecule has 0 aliphatic heterocycles. The fourth-order valence-electron chi connectivity index (χ4n) is 2.33. The molecule has 0 aliphatic carbocycles.